The highest BCUT2D eigenvalue weighted by atomic mass is 35.5. The van der Waals surface area contributed by atoms with Gasteiger partial charge in [0.2, 0.25) is 5.91 Å². The SMILES string of the molecule is CCCC(=O)c1ccn(CC(=O)Nc2ccc(Cl)cc2)c1. The lowest BCUT2D eigenvalue weighted by Gasteiger charge is -2.06. The Bertz CT molecular complexity index is 632. The van der Waals surface area contributed by atoms with Crippen molar-refractivity contribution in [3.8, 4) is 0 Å². The van der Waals surface area contributed by atoms with Gasteiger partial charge in [0.1, 0.15) is 6.54 Å². The highest BCUT2D eigenvalue weighted by Crippen LogP contribution is 2.13. The van der Waals surface area contributed by atoms with Crippen LogP contribution in [0.25, 0.3) is 0 Å². The lowest BCUT2D eigenvalue weighted by Crippen LogP contribution is -2.17. The Morgan fingerprint density at radius 2 is 1.90 bits per heavy atom. The van der Waals surface area contributed by atoms with Crippen LogP contribution in [-0.2, 0) is 11.3 Å². The second kappa shape index (κ2) is 7.09. The van der Waals surface area contributed by atoms with Gasteiger partial charge in [0, 0.05) is 35.1 Å². The number of aromatic nitrogens is 1. The van der Waals surface area contributed by atoms with Crippen LogP contribution < -0.4 is 5.32 Å². The summed E-state index contributed by atoms with van der Waals surface area (Å²) in [6.07, 6.45) is 4.80. The van der Waals surface area contributed by atoms with E-state index in [1.54, 1.807) is 47.3 Å². The van der Waals surface area contributed by atoms with Crippen molar-refractivity contribution in [2.24, 2.45) is 0 Å². The maximum atomic E-state index is 11.9. The molecular weight excluding hydrogens is 288 g/mol. The molecule has 1 amide bonds. The standard InChI is InChI=1S/C16H17ClN2O2/c1-2-3-15(20)12-8-9-19(10-12)11-16(21)18-14-6-4-13(17)5-7-14/h4-10H,2-3,11H2,1H3,(H,18,21). The first kappa shape index (κ1) is 15.3. The normalized spacial score (nSPS) is 10.4. The summed E-state index contributed by atoms with van der Waals surface area (Å²) in [7, 11) is 0. The fourth-order valence-electron chi connectivity index (χ4n) is 1.98. The molecule has 0 unspecified atom stereocenters. The number of hydrogen-bond donors (Lipinski definition) is 1. The summed E-state index contributed by atoms with van der Waals surface area (Å²) >= 11 is 5.79. The number of benzene rings is 1. The number of halogens is 1. The van der Waals surface area contributed by atoms with Gasteiger partial charge in [-0.25, -0.2) is 0 Å². The molecule has 0 saturated carbocycles. The van der Waals surface area contributed by atoms with E-state index in [0.29, 0.717) is 22.7 Å². The molecule has 0 saturated heterocycles. The van der Waals surface area contributed by atoms with Crippen molar-refractivity contribution in [1.29, 1.82) is 0 Å². The molecule has 1 N–H and O–H groups in total. The molecular formula is C16H17ClN2O2. The number of carbonyl (C=O) groups is 2. The molecule has 0 radical (unpaired) electrons. The maximum Gasteiger partial charge on any atom is 0.244 e. The van der Waals surface area contributed by atoms with Crippen LogP contribution in [-0.4, -0.2) is 16.3 Å². The summed E-state index contributed by atoms with van der Waals surface area (Å²) in [5, 5.41) is 3.40. The van der Waals surface area contributed by atoms with Crippen LogP contribution in [0.3, 0.4) is 0 Å². The first-order valence-corrected chi connectivity index (χ1v) is 7.20. The van der Waals surface area contributed by atoms with Crippen molar-refractivity contribution in [3.05, 3.63) is 53.3 Å². The number of carbonyl (C=O) groups excluding carboxylic acids is 2. The van der Waals surface area contributed by atoms with Gasteiger partial charge in [0.15, 0.2) is 5.78 Å². The van der Waals surface area contributed by atoms with Crippen molar-refractivity contribution < 1.29 is 9.59 Å². The molecule has 2 aromatic rings. The van der Waals surface area contributed by atoms with Gasteiger partial charge < -0.3 is 9.88 Å². The predicted molar refractivity (Wildman–Crippen MR) is 83.8 cm³/mol. The second-order valence-electron chi connectivity index (χ2n) is 4.80. The number of hydrogen-bond acceptors (Lipinski definition) is 2. The Morgan fingerprint density at radius 3 is 2.57 bits per heavy atom. The monoisotopic (exact) mass is 304 g/mol. The Hall–Kier alpha value is -2.07. The number of ketones is 1. The summed E-state index contributed by atoms with van der Waals surface area (Å²) in [6, 6.07) is 8.66. The number of anilines is 1. The fraction of sp³-hybridized carbons (Fsp3) is 0.250. The van der Waals surface area contributed by atoms with Gasteiger partial charge in [-0.05, 0) is 36.8 Å². The Morgan fingerprint density at radius 1 is 1.19 bits per heavy atom. The van der Waals surface area contributed by atoms with Crippen molar-refractivity contribution in [2.75, 3.05) is 5.32 Å². The molecule has 2 rings (SSSR count). The van der Waals surface area contributed by atoms with Gasteiger partial charge in [-0.1, -0.05) is 18.5 Å². The van der Waals surface area contributed by atoms with Gasteiger partial charge >= 0.3 is 0 Å². The third kappa shape index (κ3) is 4.46. The molecule has 5 heteroatoms. The Labute approximate surface area is 128 Å². The molecule has 0 atom stereocenters. The minimum absolute atomic E-state index is 0.106. The smallest absolute Gasteiger partial charge is 0.244 e. The van der Waals surface area contributed by atoms with Crippen LogP contribution in [0.15, 0.2) is 42.7 Å². The van der Waals surface area contributed by atoms with Crippen molar-refractivity contribution in [2.45, 2.75) is 26.3 Å². The van der Waals surface area contributed by atoms with Crippen LogP contribution in [0, 0.1) is 0 Å². The molecule has 21 heavy (non-hydrogen) atoms. The third-order valence-corrected chi connectivity index (χ3v) is 3.26. The molecule has 1 aromatic heterocycles. The first-order chi connectivity index (χ1) is 10.1. The topological polar surface area (TPSA) is 51.1 Å². The van der Waals surface area contributed by atoms with E-state index in [4.69, 9.17) is 11.6 Å². The molecule has 0 fully saturated rings. The summed E-state index contributed by atoms with van der Waals surface area (Å²) in [4.78, 5) is 23.7. The molecule has 4 nitrogen and oxygen atoms in total. The van der Waals surface area contributed by atoms with Crippen molar-refractivity contribution >= 4 is 29.0 Å². The lowest BCUT2D eigenvalue weighted by atomic mass is 10.1. The largest absolute Gasteiger partial charge is 0.344 e. The van der Waals surface area contributed by atoms with Crippen molar-refractivity contribution in [3.63, 3.8) is 0 Å². The zero-order chi connectivity index (χ0) is 15.2. The summed E-state index contributed by atoms with van der Waals surface area (Å²) < 4.78 is 1.70. The van der Waals surface area contributed by atoms with Gasteiger partial charge in [0.05, 0.1) is 0 Å². The van der Waals surface area contributed by atoms with Crippen LogP contribution in [0.4, 0.5) is 5.69 Å². The molecule has 0 aliphatic heterocycles. The zero-order valence-electron chi connectivity index (χ0n) is 11.8. The van der Waals surface area contributed by atoms with E-state index in [9.17, 15) is 9.59 Å². The van der Waals surface area contributed by atoms with E-state index in [2.05, 4.69) is 5.32 Å². The van der Waals surface area contributed by atoms with Gasteiger partial charge in [0.25, 0.3) is 0 Å². The lowest BCUT2D eigenvalue weighted by molar-refractivity contribution is -0.116. The number of nitrogens with zero attached hydrogens (tertiary/aromatic N) is 1. The van der Waals surface area contributed by atoms with E-state index in [0.717, 1.165) is 6.42 Å². The molecule has 0 spiro atoms. The van der Waals surface area contributed by atoms with Crippen LogP contribution in [0.5, 0.6) is 0 Å². The van der Waals surface area contributed by atoms with Crippen LogP contribution in [0.2, 0.25) is 5.02 Å². The van der Waals surface area contributed by atoms with Gasteiger partial charge in [-0.3, -0.25) is 9.59 Å². The maximum absolute atomic E-state index is 11.9. The van der Waals surface area contributed by atoms with E-state index in [1.165, 1.54) is 0 Å². The number of nitrogens with one attached hydrogen (secondary N) is 1. The zero-order valence-corrected chi connectivity index (χ0v) is 12.6. The number of Topliss-reactive ketones (excluding diaryl/α,β-unsaturated/α-hetero) is 1. The highest BCUT2D eigenvalue weighted by molar-refractivity contribution is 6.30. The highest BCUT2D eigenvalue weighted by Gasteiger charge is 2.08. The summed E-state index contributed by atoms with van der Waals surface area (Å²) in [6.45, 7) is 2.14. The molecule has 0 aliphatic rings. The number of amides is 1. The minimum atomic E-state index is -0.151. The Kier molecular flexibility index (Phi) is 5.17. The molecule has 1 heterocycles. The average Bonchev–Trinajstić information content (AvgIpc) is 2.90. The molecule has 110 valence electrons. The quantitative estimate of drug-likeness (QED) is 0.826. The van der Waals surface area contributed by atoms with Gasteiger partial charge in [-0.15, -0.1) is 0 Å². The minimum Gasteiger partial charge on any atom is -0.344 e. The third-order valence-electron chi connectivity index (χ3n) is 3.00. The molecule has 1 aromatic carbocycles. The summed E-state index contributed by atoms with van der Waals surface area (Å²) in [5.41, 5.74) is 1.34. The Balaban J connectivity index is 1.93. The number of rotatable bonds is 6. The van der Waals surface area contributed by atoms with Crippen molar-refractivity contribution in [1.82, 2.24) is 4.57 Å². The van der Waals surface area contributed by atoms with Crippen LogP contribution in [0.1, 0.15) is 30.1 Å². The van der Waals surface area contributed by atoms with Gasteiger partial charge in [-0.2, -0.15) is 0 Å². The predicted octanol–water partition coefficient (Wildman–Crippen LogP) is 3.76. The van der Waals surface area contributed by atoms with E-state index >= 15 is 0 Å². The van der Waals surface area contributed by atoms with E-state index < -0.39 is 0 Å². The van der Waals surface area contributed by atoms with E-state index in [1.807, 2.05) is 6.92 Å². The molecule has 0 aliphatic carbocycles. The second-order valence-corrected chi connectivity index (χ2v) is 5.24. The van der Waals surface area contributed by atoms with E-state index in [-0.39, 0.29) is 18.2 Å². The van der Waals surface area contributed by atoms with Crippen LogP contribution >= 0.6 is 11.6 Å². The average molecular weight is 305 g/mol. The summed E-state index contributed by atoms with van der Waals surface area (Å²) in [5.74, 6) is -0.0447. The fourth-order valence-corrected chi connectivity index (χ4v) is 2.10. The first-order valence-electron chi connectivity index (χ1n) is 6.83. The molecule has 0 bridgehead atoms.